The van der Waals surface area contributed by atoms with E-state index in [0.29, 0.717) is 12.0 Å². The second-order valence-corrected chi connectivity index (χ2v) is 8.47. The maximum absolute atomic E-state index is 6.10. The van der Waals surface area contributed by atoms with Crippen LogP contribution in [0.1, 0.15) is 18.4 Å². The number of guanidine groups is 1. The van der Waals surface area contributed by atoms with Gasteiger partial charge in [0.1, 0.15) is 0 Å². The van der Waals surface area contributed by atoms with Crippen LogP contribution in [0.25, 0.3) is 0 Å². The Balaban J connectivity index is 0.00000272. The number of nitrogens with one attached hydrogen (secondary N) is 1. The van der Waals surface area contributed by atoms with Crippen molar-refractivity contribution in [3.05, 3.63) is 35.9 Å². The Morgan fingerprint density at radius 3 is 2.87 bits per heavy atom. The van der Waals surface area contributed by atoms with Crippen LogP contribution in [0.2, 0.25) is 0 Å². The van der Waals surface area contributed by atoms with Crippen molar-refractivity contribution >= 4 is 29.9 Å². The fraction of sp³-hybridized carbons (Fsp3) is 0.696. The number of rotatable bonds is 8. The first-order valence-corrected chi connectivity index (χ1v) is 11.3. The highest BCUT2D eigenvalue weighted by Gasteiger charge is 2.41. The molecule has 3 aliphatic rings. The fourth-order valence-corrected chi connectivity index (χ4v) is 4.62. The van der Waals surface area contributed by atoms with Gasteiger partial charge in [0.15, 0.2) is 5.96 Å². The van der Waals surface area contributed by atoms with E-state index in [1.807, 2.05) is 7.05 Å². The SMILES string of the molecule is CN=C(NCCCOCC1CCOC1)N1CC2OCCN(Cc3ccccc3)C2C1.I. The number of fused-ring (bicyclic) bond motifs is 1. The third kappa shape index (κ3) is 7.02. The molecule has 3 unspecified atom stereocenters. The molecule has 0 radical (unpaired) electrons. The zero-order valence-electron chi connectivity index (χ0n) is 18.6. The van der Waals surface area contributed by atoms with Crippen LogP contribution in [-0.2, 0) is 20.8 Å². The van der Waals surface area contributed by atoms with E-state index in [-0.39, 0.29) is 30.1 Å². The van der Waals surface area contributed by atoms with Gasteiger partial charge in [-0.05, 0) is 18.4 Å². The smallest absolute Gasteiger partial charge is 0.193 e. The molecule has 0 aliphatic carbocycles. The van der Waals surface area contributed by atoms with Crippen molar-refractivity contribution in [2.24, 2.45) is 10.9 Å². The van der Waals surface area contributed by atoms with E-state index in [1.54, 1.807) is 0 Å². The van der Waals surface area contributed by atoms with Gasteiger partial charge in [0, 0.05) is 58.9 Å². The standard InChI is InChI=1S/C23H36N4O3.HI/c1-24-23(25-9-5-11-28-17-20-8-12-29-18-20)27-15-21-22(16-27)30-13-10-26(21)14-19-6-3-2-4-7-19;/h2-4,6-7,20-22H,5,8-18H2,1H3,(H,24,25);1H. The Morgan fingerprint density at radius 1 is 1.23 bits per heavy atom. The third-order valence-corrected chi connectivity index (χ3v) is 6.28. The summed E-state index contributed by atoms with van der Waals surface area (Å²) in [5.41, 5.74) is 1.36. The molecule has 0 bridgehead atoms. The first-order chi connectivity index (χ1) is 14.8. The van der Waals surface area contributed by atoms with E-state index in [4.69, 9.17) is 14.2 Å². The minimum Gasteiger partial charge on any atom is -0.381 e. The maximum atomic E-state index is 6.10. The average Bonchev–Trinajstić information content (AvgIpc) is 3.44. The maximum Gasteiger partial charge on any atom is 0.193 e. The van der Waals surface area contributed by atoms with E-state index in [2.05, 4.69) is 50.4 Å². The minimum atomic E-state index is 0. The number of nitrogens with zero attached hydrogens (tertiary/aromatic N) is 3. The molecule has 3 atom stereocenters. The molecule has 0 spiro atoms. The molecule has 3 aliphatic heterocycles. The molecule has 3 heterocycles. The van der Waals surface area contributed by atoms with Crippen LogP contribution in [0.4, 0.5) is 0 Å². The second kappa shape index (κ2) is 12.9. The molecule has 3 saturated heterocycles. The summed E-state index contributed by atoms with van der Waals surface area (Å²) in [5.74, 6) is 1.55. The lowest BCUT2D eigenvalue weighted by Gasteiger charge is -2.36. The topological polar surface area (TPSA) is 58.6 Å². The minimum absolute atomic E-state index is 0. The highest BCUT2D eigenvalue weighted by molar-refractivity contribution is 14.0. The molecule has 1 aromatic carbocycles. The van der Waals surface area contributed by atoms with Crippen LogP contribution in [0.5, 0.6) is 0 Å². The fourth-order valence-electron chi connectivity index (χ4n) is 4.62. The zero-order chi connectivity index (χ0) is 20.6. The lowest BCUT2D eigenvalue weighted by molar-refractivity contribution is -0.0502. The van der Waals surface area contributed by atoms with E-state index < -0.39 is 0 Å². The van der Waals surface area contributed by atoms with Gasteiger partial charge in [-0.2, -0.15) is 0 Å². The molecular formula is C23H37IN4O3. The van der Waals surface area contributed by atoms with Crippen LogP contribution in [-0.4, -0.2) is 94.2 Å². The summed E-state index contributed by atoms with van der Waals surface area (Å²) in [6.45, 7) is 8.82. The quantitative estimate of drug-likeness (QED) is 0.235. The van der Waals surface area contributed by atoms with Gasteiger partial charge in [-0.25, -0.2) is 0 Å². The van der Waals surface area contributed by atoms with Gasteiger partial charge in [0.05, 0.1) is 32.0 Å². The zero-order valence-corrected chi connectivity index (χ0v) is 20.9. The Kier molecular flexibility index (Phi) is 10.3. The van der Waals surface area contributed by atoms with Crippen LogP contribution < -0.4 is 5.32 Å². The van der Waals surface area contributed by atoms with Crippen molar-refractivity contribution < 1.29 is 14.2 Å². The first kappa shape index (κ1) is 24.7. The predicted octanol–water partition coefficient (Wildman–Crippen LogP) is 2.21. The summed E-state index contributed by atoms with van der Waals surface area (Å²) in [4.78, 5) is 9.43. The van der Waals surface area contributed by atoms with Gasteiger partial charge in [0.25, 0.3) is 0 Å². The van der Waals surface area contributed by atoms with Crippen molar-refractivity contribution in [3.8, 4) is 0 Å². The van der Waals surface area contributed by atoms with Crippen LogP contribution in [0.3, 0.4) is 0 Å². The monoisotopic (exact) mass is 544 g/mol. The van der Waals surface area contributed by atoms with E-state index in [9.17, 15) is 0 Å². The molecule has 1 N–H and O–H groups in total. The number of halogens is 1. The van der Waals surface area contributed by atoms with Gasteiger partial charge in [0.2, 0.25) is 0 Å². The van der Waals surface area contributed by atoms with Crippen LogP contribution in [0.15, 0.2) is 35.3 Å². The van der Waals surface area contributed by atoms with Gasteiger partial charge in [-0.3, -0.25) is 9.89 Å². The molecule has 31 heavy (non-hydrogen) atoms. The molecule has 0 amide bonds. The first-order valence-electron chi connectivity index (χ1n) is 11.3. The average molecular weight is 544 g/mol. The third-order valence-electron chi connectivity index (χ3n) is 6.28. The van der Waals surface area contributed by atoms with E-state index >= 15 is 0 Å². The molecule has 0 saturated carbocycles. The molecule has 3 fully saturated rings. The molecule has 8 heteroatoms. The van der Waals surface area contributed by atoms with Gasteiger partial charge in [-0.15, -0.1) is 24.0 Å². The van der Waals surface area contributed by atoms with Crippen molar-refractivity contribution in [1.29, 1.82) is 0 Å². The van der Waals surface area contributed by atoms with Gasteiger partial charge in [-0.1, -0.05) is 30.3 Å². The number of likely N-dealkylation sites (tertiary alicyclic amines) is 1. The highest BCUT2D eigenvalue weighted by Crippen LogP contribution is 2.24. The Morgan fingerprint density at radius 2 is 2.10 bits per heavy atom. The number of hydrogen-bond acceptors (Lipinski definition) is 5. The van der Waals surface area contributed by atoms with E-state index in [0.717, 1.165) is 84.6 Å². The molecule has 1 aromatic rings. The normalized spacial score (nSPS) is 26.5. The highest BCUT2D eigenvalue weighted by atomic mass is 127. The van der Waals surface area contributed by atoms with Gasteiger partial charge < -0.3 is 24.4 Å². The summed E-state index contributed by atoms with van der Waals surface area (Å²) in [5, 5.41) is 3.51. The van der Waals surface area contributed by atoms with Gasteiger partial charge >= 0.3 is 0 Å². The molecular weight excluding hydrogens is 507 g/mol. The Hall–Kier alpha value is -0.940. The summed E-state index contributed by atoms with van der Waals surface area (Å²) >= 11 is 0. The molecule has 4 rings (SSSR count). The largest absolute Gasteiger partial charge is 0.381 e. The molecule has 174 valence electrons. The molecule has 7 nitrogen and oxygen atoms in total. The Labute approximate surface area is 203 Å². The number of hydrogen-bond donors (Lipinski definition) is 1. The number of ether oxygens (including phenoxy) is 3. The van der Waals surface area contributed by atoms with Crippen molar-refractivity contribution in [3.63, 3.8) is 0 Å². The summed E-state index contributed by atoms with van der Waals surface area (Å²) in [6, 6.07) is 11.1. The lowest BCUT2D eigenvalue weighted by atomic mass is 10.1. The number of morpholine rings is 1. The van der Waals surface area contributed by atoms with Crippen LogP contribution in [0, 0.1) is 5.92 Å². The predicted molar refractivity (Wildman–Crippen MR) is 133 cm³/mol. The van der Waals surface area contributed by atoms with Crippen LogP contribution >= 0.6 is 24.0 Å². The van der Waals surface area contributed by atoms with Crippen molar-refractivity contribution in [2.45, 2.75) is 31.5 Å². The summed E-state index contributed by atoms with van der Waals surface area (Å²) in [7, 11) is 1.86. The number of benzene rings is 1. The lowest BCUT2D eigenvalue weighted by Crippen LogP contribution is -2.50. The molecule has 0 aromatic heterocycles. The second-order valence-electron chi connectivity index (χ2n) is 8.47. The van der Waals surface area contributed by atoms with Crippen molar-refractivity contribution in [1.82, 2.24) is 15.1 Å². The van der Waals surface area contributed by atoms with E-state index in [1.165, 1.54) is 5.56 Å². The van der Waals surface area contributed by atoms with Crippen molar-refractivity contribution in [2.75, 3.05) is 66.3 Å². The summed E-state index contributed by atoms with van der Waals surface area (Å²) in [6.07, 6.45) is 2.35. The summed E-state index contributed by atoms with van der Waals surface area (Å²) < 4.78 is 17.3. The number of aliphatic imine (C=N–C) groups is 1. The Bertz CT molecular complexity index is 672.